The van der Waals surface area contributed by atoms with E-state index in [0.717, 1.165) is 22.3 Å². The van der Waals surface area contributed by atoms with Gasteiger partial charge in [0.15, 0.2) is 17.3 Å². The van der Waals surface area contributed by atoms with Crippen molar-refractivity contribution in [3.05, 3.63) is 41.5 Å². The summed E-state index contributed by atoms with van der Waals surface area (Å²) in [6.07, 6.45) is 0.672. The van der Waals surface area contributed by atoms with Gasteiger partial charge in [0.2, 0.25) is 5.75 Å². The fourth-order valence-electron chi connectivity index (χ4n) is 4.38. The van der Waals surface area contributed by atoms with Crippen LogP contribution in [0.3, 0.4) is 0 Å². The molecule has 4 rings (SSSR count). The second kappa shape index (κ2) is 11.0. The third-order valence-electron chi connectivity index (χ3n) is 6.34. The molecule has 0 aromatic heterocycles. The van der Waals surface area contributed by atoms with Crippen LogP contribution >= 0.6 is 0 Å². The Hall–Kier alpha value is -3.30. The highest BCUT2D eigenvalue weighted by atomic mass is 16.6. The molecule has 188 valence electrons. The molecule has 0 radical (unpaired) electrons. The van der Waals surface area contributed by atoms with Crippen molar-refractivity contribution in [3.63, 3.8) is 0 Å². The Morgan fingerprint density at radius 3 is 2.46 bits per heavy atom. The number of fused-ring (bicyclic) bond motifs is 1. The Morgan fingerprint density at radius 2 is 1.77 bits per heavy atom. The van der Waals surface area contributed by atoms with Gasteiger partial charge >= 0.3 is 6.09 Å². The van der Waals surface area contributed by atoms with Gasteiger partial charge in [0.05, 0.1) is 39.5 Å². The average molecular weight is 486 g/mol. The number of hydrogen-bond donors (Lipinski definition) is 1. The van der Waals surface area contributed by atoms with E-state index < -0.39 is 11.5 Å². The van der Waals surface area contributed by atoms with Crippen LogP contribution in [-0.4, -0.2) is 72.8 Å². The minimum atomic E-state index is -0.516. The standard InChI is InChI=1S/C26H31NO8/c1-30-11-12-34-25(29)27-13-26(14-33-15-26)16-35-23-20(8-10-22(31-2)24(23)32-3)17-5-4-6-19-18(17)7-9-21(19)28/h4-6,8,10H,7,9,11-16H2,1-3H3,(H,27,29). The summed E-state index contributed by atoms with van der Waals surface area (Å²) in [5.74, 6) is 1.68. The molecule has 1 amide bonds. The Morgan fingerprint density at radius 1 is 0.971 bits per heavy atom. The van der Waals surface area contributed by atoms with Gasteiger partial charge in [0.25, 0.3) is 0 Å². The molecular weight excluding hydrogens is 454 g/mol. The maximum absolute atomic E-state index is 12.3. The zero-order valence-corrected chi connectivity index (χ0v) is 20.3. The molecule has 2 aromatic rings. The van der Waals surface area contributed by atoms with Gasteiger partial charge in [-0.2, -0.15) is 0 Å². The maximum Gasteiger partial charge on any atom is 0.407 e. The number of ketones is 1. The van der Waals surface area contributed by atoms with Crippen LogP contribution < -0.4 is 19.5 Å². The number of amides is 1. The summed E-state index contributed by atoms with van der Waals surface area (Å²) in [4.78, 5) is 24.3. The zero-order valence-electron chi connectivity index (χ0n) is 20.3. The number of hydrogen-bond acceptors (Lipinski definition) is 8. The lowest BCUT2D eigenvalue weighted by atomic mass is 9.87. The lowest BCUT2D eigenvalue weighted by molar-refractivity contribution is -0.129. The van der Waals surface area contributed by atoms with Crippen molar-refractivity contribution in [3.8, 4) is 28.4 Å². The van der Waals surface area contributed by atoms with Crippen LogP contribution in [0.2, 0.25) is 0 Å². The highest BCUT2D eigenvalue weighted by molar-refractivity contribution is 6.02. The first-order valence-corrected chi connectivity index (χ1v) is 11.5. The van der Waals surface area contributed by atoms with E-state index in [0.29, 0.717) is 56.5 Å². The fourth-order valence-corrected chi connectivity index (χ4v) is 4.38. The quantitative estimate of drug-likeness (QED) is 0.484. The molecule has 1 N–H and O–H groups in total. The van der Waals surface area contributed by atoms with Crippen LogP contribution in [0.1, 0.15) is 22.3 Å². The normalized spacial score (nSPS) is 15.7. The molecule has 1 aliphatic carbocycles. The number of nitrogens with one attached hydrogen (secondary N) is 1. The fraction of sp³-hybridized carbons (Fsp3) is 0.462. The second-order valence-electron chi connectivity index (χ2n) is 8.70. The summed E-state index contributed by atoms with van der Waals surface area (Å²) in [5, 5.41) is 2.79. The minimum Gasteiger partial charge on any atom is -0.493 e. The summed E-state index contributed by atoms with van der Waals surface area (Å²) < 4.78 is 33.0. The number of carbonyl (C=O) groups is 2. The van der Waals surface area contributed by atoms with Gasteiger partial charge in [-0.3, -0.25) is 4.79 Å². The van der Waals surface area contributed by atoms with E-state index in [-0.39, 0.29) is 19.0 Å². The van der Waals surface area contributed by atoms with Gasteiger partial charge < -0.3 is 33.7 Å². The number of benzene rings is 2. The lowest BCUT2D eigenvalue weighted by Crippen LogP contribution is -2.54. The molecule has 1 saturated heterocycles. The highest BCUT2D eigenvalue weighted by Crippen LogP contribution is 2.47. The molecule has 1 aliphatic heterocycles. The molecular formula is C26H31NO8. The Kier molecular flexibility index (Phi) is 7.77. The Bertz CT molecular complexity index is 1080. The van der Waals surface area contributed by atoms with E-state index in [9.17, 15) is 9.59 Å². The molecule has 0 atom stereocenters. The predicted octanol–water partition coefficient (Wildman–Crippen LogP) is 3.27. The van der Waals surface area contributed by atoms with Gasteiger partial charge in [-0.15, -0.1) is 0 Å². The van der Waals surface area contributed by atoms with Gasteiger partial charge in [-0.1, -0.05) is 18.2 Å². The Labute approximate surface area is 204 Å². The smallest absolute Gasteiger partial charge is 0.407 e. The zero-order chi connectivity index (χ0) is 24.8. The van der Waals surface area contributed by atoms with Gasteiger partial charge in [-0.05, 0) is 29.7 Å². The van der Waals surface area contributed by atoms with Crippen molar-refractivity contribution in [1.29, 1.82) is 0 Å². The molecule has 0 spiro atoms. The SMILES string of the molecule is COCCOC(=O)NCC1(COc2c(-c3cccc4c3CCC4=O)ccc(OC)c2OC)COC1. The van der Waals surface area contributed by atoms with E-state index in [1.807, 2.05) is 30.3 Å². The third-order valence-corrected chi connectivity index (χ3v) is 6.34. The van der Waals surface area contributed by atoms with E-state index in [1.165, 1.54) is 0 Å². The van der Waals surface area contributed by atoms with Gasteiger partial charge in [-0.25, -0.2) is 4.79 Å². The van der Waals surface area contributed by atoms with Crippen molar-refractivity contribution in [2.75, 3.05) is 60.9 Å². The van der Waals surface area contributed by atoms with Gasteiger partial charge in [0, 0.05) is 31.2 Å². The van der Waals surface area contributed by atoms with Crippen molar-refractivity contribution in [2.24, 2.45) is 5.41 Å². The van der Waals surface area contributed by atoms with Crippen LogP contribution in [-0.2, 0) is 20.6 Å². The maximum atomic E-state index is 12.3. The summed E-state index contributed by atoms with van der Waals surface area (Å²) in [6.45, 7) is 1.98. The largest absolute Gasteiger partial charge is 0.493 e. The molecule has 0 saturated carbocycles. The lowest BCUT2D eigenvalue weighted by Gasteiger charge is -2.41. The minimum absolute atomic E-state index is 0.152. The number of methoxy groups -OCH3 is 3. The van der Waals surface area contributed by atoms with E-state index in [4.69, 9.17) is 28.4 Å². The summed E-state index contributed by atoms with van der Waals surface area (Å²) >= 11 is 0. The molecule has 35 heavy (non-hydrogen) atoms. The predicted molar refractivity (Wildman–Crippen MR) is 128 cm³/mol. The average Bonchev–Trinajstić information content (AvgIpc) is 3.23. The summed E-state index contributed by atoms with van der Waals surface area (Å²) in [5.41, 5.74) is 3.10. The van der Waals surface area contributed by atoms with Crippen molar-refractivity contribution in [2.45, 2.75) is 12.8 Å². The first kappa shape index (κ1) is 24.8. The number of ether oxygens (including phenoxy) is 6. The molecule has 9 nitrogen and oxygen atoms in total. The monoisotopic (exact) mass is 485 g/mol. The van der Waals surface area contributed by atoms with Crippen molar-refractivity contribution >= 4 is 11.9 Å². The van der Waals surface area contributed by atoms with Crippen LogP contribution in [0.15, 0.2) is 30.3 Å². The summed E-state index contributed by atoms with van der Waals surface area (Å²) in [7, 11) is 4.68. The topological polar surface area (TPSA) is 102 Å². The number of rotatable bonds is 11. The third kappa shape index (κ3) is 5.21. The molecule has 1 heterocycles. The van der Waals surface area contributed by atoms with E-state index >= 15 is 0 Å². The molecule has 0 bridgehead atoms. The first-order chi connectivity index (χ1) is 17.0. The molecule has 0 unspecified atom stereocenters. The van der Waals surface area contributed by atoms with Crippen LogP contribution in [0, 0.1) is 5.41 Å². The Balaban J connectivity index is 1.58. The van der Waals surface area contributed by atoms with Crippen molar-refractivity contribution in [1.82, 2.24) is 5.32 Å². The summed E-state index contributed by atoms with van der Waals surface area (Å²) in [6, 6.07) is 9.50. The van der Waals surface area contributed by atoms with Crippen LogP contribution in [0.5, 0.6) is 17.2 Å². The van der Waals surface area contributed by atoms with E-state index in [1.54, 1.807) is 21.3 Å². The highest BCUT2D eigenvalue weighted by Gasteiger charge is 2.41. The van der Waals surface area contributed by atoms with Crippen molar-refractivity contribution < 1.29 is 38.0 Å². The number of alkyl carbamates (subject to hydrolysis) is 1. The van der Waals surface area contributed by atoms with Crippen LogP contribution in [0.4, 0.5) is 4.79 Å². The van der Waals surface area contributed by atoms with Gasteiger partial charge in [0.1, 0.15) is 13.2 Å². The first-order valence-electron chi connectivity index (χ1n) is 11.5. The molecule has 1 fully saturated rings. The molecule has 2 aromatic carbocycles. The number of carbonyl (C=O) groups excluding carboxylic acids is 2. The second-order valence-corrected chi connectivity index (χ2v) is 8.70. The van der Waals surface area contributed by atoms with Crippen LogP contribution in [0.25, 0.3) is 11.1 Å². The number of Topliss-reactive ketones (excluding diaryl/α,β-unsaturated/α-hetero) is 1. The van der Waals surface area contributed by atoms with E-state index in [2.05, 4.69) is 5.32 Å². The molecule has 2 aliphatic rings. The molecule has 9 heteroatoms.